The molecule has 2 heterocycles. The summed E-state index contributed by atoms with van der Waals surface area (Å²) >= 11 is 0. The highest BCUT2D eigenvalue weighted by molar-refractivity contribution is 6.13. The Morgan fingerprint density at radius 3 is 2.70 bits per heavy atom. The first kappa shape index (κ1) is 11.5. The van der Waals surface area contributed by atoms with E-state index in [4.69, 9.17) is 0 Å². The highest BCUT2D eigenvalue weighted by Crippen LogP contribution is 2.46. The van der Waals surface area contributed by atoms with Gasteiger partial charge in [-0.25, -0.2) is 0 Å². The van der Waals surface area contributed by atoms with Gasteiger partial charge in [0.1, 0.15) is 11.8 Å². The van der Waals surface area contributed by atoms with E-state index in [9.17, 15) is 9.90 Å². The molecule has 2 aliphatic rings. The number of carbonyl (C=O) groups is 1. The number of anilines is 2. The van der Waals surface area contributed by atoms with Gasteiger partial charge in [0.05, 0.1) is 11.3 Å². The fourth-order valence-electron chi connectivity index (χ4n) is 3.15. The number of nitrogens with zero attached hydrogens (tertiary/aromatic N) is 1. The molecular weight excluding hydrogens is 252 g/mol. The van der Waals surface area contributed by atoms with Crippen LogP contribution in [0.1, 0.15) is 22.8 Å². The molecule has 0 bridgehead atoms. The standard InChI is InChI=1S/C16H14N2O2/c1-16(20)11-7-3-5-9-13(11)18-14(19)10-6-2-4-8-12(10)17-15(16)18/h2-9,15,17,20H,1H3/t15-,16+/m1/s1. The summed E-state index contributed by atoms with van der Waals surface area (Å²) < 4.78 is 0. The van der Waals surface area contributed by atoms with E-state index in [0.717, 1.165) is 16.9 Å². The average molecular weight is 266 g/mol. The van der Waals surface area contributed by atoms with E-state index in [1.54, 1.807) is 17.9 Å². The lowest BCUT2D eigenvalue weighted by Crippen LogP contribution is -2.54. The van der Waals surface area contributed by atoms with Crippen molar-refractivity contribution in [2.24, 2.45) is 0 Å². The summed E-state index contributed by atoms with van der Waals surface area (Å²) in [5, 5.41) is 14.1. The first-order valence-corrected chi connectivity index (χ1v) is 6.62. The first-order valence-electron chi connectivity index (χ1n) is 6.62. The second-order valence-corrected chi connectivity index (χ2v) is 5.43. The Balaban J connectivity index is 1.95. The van der Waals surface area contributed by atoms with Crippen molar-refractivity contribution in [1.29, 1.82) is 0 Å². The maximum Gasteiger partial charge on any atom is 0.262 e. The van der Waals surface area contributed by atoms with E-state index < -0.39 is 11.8 Å². The predicted molar refractivity (Wildman–Crippen MR) is 76.7 cm³/mol. The number of hydrogen-bond donors (Lipinski definition) is 2. The van der Waals surface area contributed by atoms with Crippen LogP contribution in [0.2, 0.25) is 0 Å². The highest BCUT2D eigenvalue weighted by atomic mass is 16.3. The third-order valence-corrected chi connectivity index (χ3v) is 4.17. The van der Waals surface area contributed by atoms with E-state index in [0.29, 0.717) is 5.56 Å². The molecule has 4 heteroatoms. The predicted octanol–water partition coefficient (Wildman–Crippen LogP) is 2.31. The minimum Gasteiger partial charge on any atom is -0.381 e. The van der Waals surface area contributed by atoms with Gasteiger partial charge in [-0.2, -0.15) is 0 Å². The number of aliphatic hydroxyl groups is 1. The van der Waals surface area contributed by atoms with Crippen LogP contribution in [-0.4, -0.2) is 17.2 Å². The Morgan fingerprint density at radius 2 is 1.85 bits per heavy atom. The minimum absolute atomic E-state index is 0.0745. The molecule has 2 N–H and O–H groups in total. The molecule has 20 heavy (non-hydrogen) atoms. The molecule has 0 radical (unpaired) electrons. The van der Waals surface area contributed by atoms with E-state index in [-0.39, 0.29) is 5.91 Å². The normalized spacial score (nSPS) is 26.6. The molecule has 1 amide bonds. The summed E-state index contributed by atoms with van der Waals surface area (Å²) in [6.45, 7) is 1.74. The fourth-order valence-corrected chi connectivity index (χ4v) is 3.15. The Bertz CT molecular complexity index is 724. The Hall–Kier alpha value is -2.33. The monoisotopic (exact) mass is 266 g/mol. The second-order valence-electron chi connectivity index (χ2n) is 5.43. The lowest BCUT2D eigenvalue weighted by molar-refractivity contribution is 0.0433. The molecule has 4 rings (SSSR count). The SMILES string of the molecule is C[C@]1(O)c2ccccc2N2C(=O)c3ccccc3N[C@H]21. The molecule has 2 aliphatic heterocycles. The molecule has 2 atom stereocenters. The average Bonchev–Trinajstić information content (AvgIpc) is 2.69. The summed E-state index contributed by atoms with van der Waals surface area (Å²) in [5.74, 6) is -0.0745. The number of fused-ring (bicyclic) bond motifs is 4. The molecule has 0 aromatic heterocycles. The molecule has 0 saturated heterocycles. The summed E-state index contributed by atoms with van der Waals surface area (Å²) in [4.78, 5) is 14.4. The Kier molecular flexibility index (Phi) is 2.07. The van der Waals surface area contributed by atoms with Crippen molar-refractivity contribution >= 4 is 17.3 Å². The van der Waals surface area contributed by atoms with Crippen LogP contribution in [0.4, 0.5) is 11.4 Å². The molecule has 4 nitrogen and oxygen atoms in total. The van der Waals surface area contributed by atoms with E-state index in [1.807, 2.05) is 42.5 Å². The minimum atomic E-state index is -1.11. The van der Waals surface area contributed by atoms with Crippen molar-refractivity contribution in [1.82, 2.24) is 0 Å². The van der Waals surface area contributed by atoms with Gasteiger partial charge >= 0.3 is 0 Å². The Morgan fingerprint density at radius 1 is 1.15 bits per heavy atom. The molecule has 0 saturated carbocycles. The molecule has 2 aromatic carbocycles. The van der Waals surface area contributed by atoms with Crippen molar-refractivity contribution in [3.05, 3.63) is 59.7 Å². The van der Waals surface area contributed by atoms with Crippen LogP contribution in [0.5, 0.6) is 0 Å². The third kappa shape index (κ3) is 1.26. The van der Waals surface area contributed by atoms with Crippen LogP contribution in [0.15, 0.2) is 48.5 Å². The summed E-state index contributed by atoms with van der Waals surface area (Å²) in [7, 11) is 0. The van der Waals surface area contributed by atoms with Gasteiger partial charge in [-0.05, 0) is 25.1 Å². The molecule has 0 unspecified atom stereocenters. The topological polar surface area (TPSA) is 52.6 Å². The van der Waals surface area contributed by atoms with Gasteiger partial charge in [-0.3, -0.25) is 9.69 Å². The largest absolute Gasteiger partial charge is 0.381 e. The Labute approximate surface area is 116 Å². The van der Waals surface area contributed by atoms with Crippen molar-refractivity contribution in [2.45, 2.75) is 18.7 Å². The fraction of sp³-hybridized carbons (Fsp3) is 0.188. The number of nitrogens with one attached hydrogen (secondary N) is 1. The number of amides is 1. The van der Waals surface area contributed by atoms with Crippen LogP contribution in [0.3, 0.4) is 0 Å². The van der Waals surface area contributed by atoms with E-state index in [2.05, 4.69) is 5.32 Å². The van der Waals surface area contributed by atoms with Gasteiger partial charge in [-0.15, -0.1) is 0 Å². The zero-order valence-electron chi connectivity index (χ0n) is 11.0. The number of para-hydroxylation sites is 2. The quantitative estimate of drug-likeness (QED) is 0.769. The number of rotatable bonds is 0. The van der Waals surface area contributed by atoms with Crippen LogP contribution in [-0.2, 0) is 5.60 Å². The molecular formula is C16H14N2O2. The molecule has 2 aromatic rings. The maximum atomic E-state index is 12.7. The van der Waals surface area contributed by atoms with Crippen molar-refractivity contribution < 1.29 is 9.90 Å². The van der Waals surface area contributed by atoms with Crippen LogP contribution < -0.4 is 10.2 Å². The smallest absolute Gasteiger partial charge is 0.262 e. The van der Waals surface area contributed by atoms with Crippen molar-refractivity contribution in [3.8, 4) is 0 Å². The maximum absolute atomic E-state index is 12.7. The van der Waals surface area contributed by atoms with Crippen LogP contribution in [0, 0.1) is 0 Å². The number of carbonyl (C=O) groups excluding carboxylic acids is 1. The summed E-state index contributed by atoms with van der Waals surface area (Å²) in [5.41, 5.74) is 1.84. The number of benzene rings is 2. The van der Waals surface area contributed by atoms with Crippen molar-refractivity contribution in [2.75, 3.05) is 10.2 Å². The van der Waals surface area contributed by atoms with Gasteiger partial charge in [0.15, 0.2) is 0 Å². The zero-order chi connectivity index (χ0) is 13.9. The lowest BCUT2D eigenvalue weighted by atomic mass is 9.95. The summed E-state index contributed by atoms with van der Waals surface area (Å²) in [6, 6.07) is 14.9. The lowest BCUT2D eigenvalue weighted by Gasteiger charge is -2.37. The van der Waals surface area contributed by atoms with Crippen LogP contribution in [0.25, 0.3) is 0 Å². The van der Waals surface area contributed by atoms with Gasteiger partial charge in [0.2, 0.25) is 0 Å². The third-order valence-electron chi connectivity index (χ3n) is 4.17. The molecule has 0 spiro atoms. The van der Waals surface area contributed by atoms with Gasteiger partial charge in [0.25, 0.3) is 5.91 Å². The van der Waals surface area contributed by atoms with Crippen molar-refractivity contribution in [3.63, 3.8) is 0 Å². The molecule has 0 fully saturated rings. The molecule has 100 valence electrons. The highest BCUT2D eigenvalue weighted by Gasteiger charge is 2.51. The zero-order valence-corrected chi connectivity index (χ0v) is 11.0. The first-order chi connectivity index (χ1) is 9.60. The van der Waals surface area contributed by atoms with Crippen LogP contribution >= 0.6 is 0 Å². The summed E-state index contributed by atoms with van der Waals surface area (Å²) in [6.07, 6.45) is -0.470. The van der Waals surface area contributed by atoms with Gasteiger partial charge in [0, 0.05) is 11.3 Å². The van der Waals surface area contributed by atoms with Gasteiger partial charge in [-0.1, -0.05) is 30.3 Å². The van der Waals surface area contributed by atoms with E-state index >= 15 is 0 Å². The number of hydrogen-bond acceptors (Lipinski definition) is 3. The molecule has 0 aliphatic carbocycles. The van der Waals surface area contributed by atoms with Gasteiger partial charge < -0.3 is 10.4 Å². The van der Waals surface area contributed by atoms with E-state index in [1.165, 1.54) is 0 Å². The second kappa shape index (κ2) is 3.61.